The van der Waals surface area contributed by atoms with Crippen molar-refractivity contribution in [1.29, 1.82) is 0 Å². The topological polar surface area (TPSA) is 78.4 Å². The lowest BCUT2D eigenvalue weighted by Gasteiger charge is -2.36. The predicted molar refractivity (Wildman–Crippen MR) is 128 cm³/mol. The lowest BCUT2D eigenvalue weighted by Crippen LogP contribution is -2.49. The van der Waals surface area contributed by atoms with Gasteiger partial charge in [0.05, 0.1) is 43.8 Å². The number of likely N-dealkylation sites (N-methyl/N-ethyl adjacent to an activating group) is 1. The Bertz CT molecular complexity index is 968. The maximum atomic E-state index is 11.5. The van der Waals surface area contributed by atoms with Crippen LogP contribution in [0.25, 0.3) is 0 Å². The molecule has 1 atom stereocenters. The molecule has 0 aliphatic carbocycles. The number of hydrogen-bond donors (Lipinski definition) is 2. The summed E-state index contributed by atoms with van der Waals surface area (Å²) in [7, 11) is 3.24. The van der Waals surface area contributed by atoms with Crippen molar-refractivity contribution in [1.82, 2.24) is 15.1 Å². The molecule has 9 heteroatoms. The number of amidine groups is 1. The molecule has 0 amide bonds. The van der Waals surface area contributed by atoms with Crippen molar-refractivity contribution in [3.63, 3.8) is 0 Å². The van der Waals surface area contributed by atoms with Crippen LogP contribution in [0.5, 0.6) is 0 Å². The van der Waals surface area contributed by atoms with Crippen LogP contribution in [0.15, 0.2) is 35.3 Å². The number of thiophene rings is 1. The van der Waals surface area contributed by atoms with Gasteiger partial charge in [-0.1, -0.05) is 12.1 Å². The Morgan fingerprint density at radius 3 is 2.81 bits per heavy atom. The summed E-state index contributed by atoms with van der Waals surface area (Å²) in [6, 6.07) is 10.4. The first kappa shape index (κ1) is 22.7. The van der Waals surface area contributed by atoms with Gasteiger partial charge in [-0.2, -0.15) is 0 Å². The van der Waals surface area contributed by atoms with Crippen molar-refractivity contribution in [2.24, 2.45) is 4.99 Å². The highest BCUT2D eigenvalue weighted by Crippen LogP contribution is 2.39. The Hall–Kier alpha value is -2.46. The number of hydrogen-bond acceptors (Lipinski definition) is 9. The van der Waals surface area contributed by atoms with Crippen LogP contribution >= 0.6 is 11.3 Å². The van der Waals surface area contributed by atoms with Crippen LogP contribution < -0.4 is 10.6 Å². The molecule has 1 fully saturated rings. The van der Waals surface area contributed by atoms with E-state index < -0.39 is 0 Å². The summed E-state index contributed by atoms with van der Waals surface area (Å²) in [4.78, 5) is 22.5. The Morgan fingerprint density at radius 2 is 2.06 bits per heavy atom. The number of nitrogens with zero attached hydrogens (tertiary/aromatic N) is 3. The first-order valence-electron chi connectivity index (χ1n) is 10.9. The van der Waals surface area contributed by atoms with Gasteiger partial charge in [-0.05, 0) is 32.2 Å². The van der Waals surface area contributed by atoms with Gasteiger partial charge in [-0.3, -0.25) is 9.69 Å². The lowest BCUT2D eigenvalue weighted by molar-refractivity contribution is -0.141. The van der Waals surface area contributed by atoms with E-state index >= 15 is 0 Å². The van der Waals surface area contributed by atoms with Crippen LogP contribution in [-0.4, -0.2) is 81.3 Å². The molecule has 2 aliphatic heterocycles. The standard InChI is InChI=1S/C23H31N5O3S/c1-16-12-18-22(25-19-6-4-5-7-20(19)26-23(18)32-16)28-10-8-27(9-11-28)15-31-14-17(24-2)13-21(29)30-3/h4-7,12,17,24,26H,8-11,13-15H2,1-3H3. The molecule has 2 aliphatic rings. The summed E-state index contributed by atoms with van der Waals surface area (Å²) in [5, 5.41) is 7.83. The smallest absolute Gasteiger partial charge is 0.307 e. The number of rotatable bonds is 7. The number of aryl methyl sites for hydroxylation is 1. The fraction of sp³-hybridized carbons (Fsp3) is 0.478. The molecule has 32 heavy (non-hydrogen) atoms. The number of carbonyl (C=O) groups is 1. The van der Waals surface area contributed by atoms with Gasteiger partial charge in [0.1, 0.15) is 10.8 Å². The summed E-state index contributed by atoms with van der Waals surface area (Å²) >= 11 is 1.77. The highest BCUT2D eigenvalue weighted by Gasteiger charge is 2.26. The molecule has 1 unspecified atom stereocenters. The molecule has 1 saturated heterocycles. The molecule has 172 valence electrons. The number of anilines is 2. The molecule has 1 aromatic carbocycles. The molecule has 3 heterocycles. The van der Waals surface area contributed by atoms with Gasteiger partial charge < -0.3 is 25.0 Å². The number of piperazine rings is 1. The van der Waals surface area contributed by atoms with Gasteiger partial charge in [0.25, 0.3) is 0 Å². The molecule has 2 N–H and O–H groups in total. The first-order chi connectivity index (χ1) is 15.6. The number of fused-ring (bicyclic) bond motifs is 2. The van der Waals surface area contributed by atoms with E-state index in [0.717, 1.165) is 48.4 Å². The van der Waals surface area contributed by atoms with E-state index in [1.807, 2.05) is 19.2 Å². The highest BCUT2D eigenvalue weighted by molar-refractivity contribution is 7.16. The second kappa shape index (κ2) is 10.4. The summed E-state index contributed by atoms with van der Waals surface area (Å²) in [5.74, 6) is 0.806. The van der Waals surface area contributed by atoms with E-state index in [-0.39, 0.29) is 12.0 Å². The Balaban J connectivity index is 1.36. The third kappa shape index (κ3) is 5.29. The number of nitrogens with one attached hydrogen (secondary N) is 2. The van der Waals surface area contributed by atoms with E-state index in [0.29, 0.717) is 19.8 Å². The molecule has 0 spiro atoms. The minimum Gasteiger partial charge on any atom is -0.469 e. The van der Waals surface area contributed by atoms with E-state index in [9.17, 15) is 4.79 Å². The van der Waals surface area contributed by atoms with Crippen molar-refractivity contribution in [2.75, 3.05) is 59.0 Å². The molecular weight excluding hydrogens is 426 g/mol. The van der Waals surface area contributed by atoms with Crippen molar-refractivity contribution in [3.05, 3.63) is 40.8 Å². The maximum Gasteiger partial charge on any atom is 0.307 e. The molecule has 8 nitrogen and oxygen atoms in total. The van der Waals surface area contributed by atoms with Gasteiger partial charge in [0.15, 0.2) is 0 Å². The van der Waals surface area contributed by atoms with Crippen LogP contribution in [0.3, 0.4) is 0 Å². The van der Waals surface area contributed by atoms with Gasteiger partial charge in [0, 0.05) is 37.1 Å². The molecule has 0 radical (unpaired) electrons. The van der Waals surface area contributed by atoms with Crippen molar-refractivity contribution < 1.29 is 14.3 Å². The van der Waals surface area contributed by atoms with E-state index in [4.69, 9.17) is 14.5 Å². The summed E-state index contributed by atoms with van der Waals surface area (Å²) in [6.07, 6.45) is 0.304. The normalized spacial score (nSPS) is 17.0. The lowest BCUT2D eigenvalue weighted by atomic mass is 10.2. The van der Waals surface area contributed by atoms with Crippen LogP contribution in [0.1, 0.15) is 16.9 Å². The van der Waals surface area contributed by atoms with E-state index in [2.05, 4.69) is 45.6 Å². The van der Waals surface area contributed by atoms with Gasteiger partial charge >= 0.3 is 5.97 Å². The monoisotopic (exact) mass is 457 g/mol. The number of esters is 1. The van der Waals surface area contributed by atoms with Gasteiger partial charge in [-0.25, -0.2) is 4.99 Å². The minimum atomic E-state index is -0.232. The third-order valence-corrected chi connectivity index (χ3v) is 6.75. The Labute approximate surface area is 193 Å². The van der Waals surface area contributed by atoms with Crippen LogP contribution in [0.2, 0.25) is 0 Å². The zero-order valence-electron chi connectivity index (χ0n) is 18.9. The predicted octanol–water partition coefficient (Wildman–Crippen LogP) is 2.93. The second-order valence-corrected chi connectivity index (χ2v) is 9.30. The van der Waals surface area contributed by atoms with Crippen LogP contribution in [0, 0.1) is 6.92 Å². The maximum absolute atomic E-state index is 11.5. The van der Waals surface area contributed by atoms with E-state index in [1.165, 1.54) is 17.6 Å². The zero-order valence-corrected chi connectivity index (χ0v) is 19.7. The molecule has 4 rings (SSSR count). The number of benzene rings is 1. The summed E-state index contributed by atoms with van der Waals surface area (Å²) < 4.78 is 10.6. The van der Waals surface area contributed by atoms with Crippen molar-refractivity contribution in [3.8, 4) is 0 Å². The summed E-state index contributed by atoms with van der Waals surface area (Å²) in [6.45, 7) is 6.72. The Kier molecular flexibility index (Phi) is 7.41. The molecule has 1 aromatic heterocycles. The zero-order chi connectivity index (χ0) is 22.5. The van der Waals surface area contributed by atoms with Crippen LogP contribution in [0.4, 0.5) is 16.4 Å². The van der Waals surface area contributed by atoms with Crippen molar-refractivity contribution >= 4 is 39.5 Å². The van der Waals surface area contributed by atoms with Gasteiger partial charge in [0.2, 0.25) is 0 Å². The third-order valence-electron chi connectivity index (χ3n) is 5.79. The first-order valence-corrected chi connectivity index (χ1v) is 11.7. The number of aliphatic imine (C=N–C) groups is 1. The van der Waals surface area contributed by atoms with Crippen LogP contribution in [-0.2, 0) is 14.3 Å². The quantitative estimate of drug-likeness (QED) is 0.619. The molecular formula is C23H31N5O3S. The fourth-order valence-electron chi connectivity index (χ4n) is 3.93. The average molecular weight is 458 g/mol. The average Bonchev–Trinajstić information content (AvgIpc) is 3.10. The van der Waals surface area contributed by atoms with Gasteiger partial charge in [-0.15, -0.1) is 11.3 Å². The Morgan fingerprint density at radius 1 is 1.28 bits per heavy atom. The second-order valence-electron chi connectivity index (χ2n) is 8.05. The molecule has 0 bridgehead atoms. The molecule has 0 saturated carbocycles. The van der Waals surface area contributed by atoms with E-state index in [1.54, 1.807) is 11.3 Å². The summed E-state index contributed by atoms with van der Waals surface area (Å²) in [5.41, 5.74) is 3.19. The number of ether oxygens (including phenoxy) is 2. The fourth-order valence-corrected chi connectivity index (χ4v) is 4.85. The highest BCUT2D eigenvalue weighted by atomic mass is 32.1. The minimum absolute atomic E-state index is 0.0445. The number of methoxy groups -OCH3 is 1. The van der Waals surface area contributed by atoms with Crippen molar-refractivity contribution in [2.45, 2.75) is 19.4 Å². The number of carbonyl (C=O) groups excluding carboxylic acids is 1. The largest absolute Gasteiger partial charge is 0.469 e. The SMILES string of the molecule is CNC(COCN1CCN(C2=Nc3ccccc3Nc3sc(C)cc32)CC1)CC(=O)OC. The number of para-hydroxylation sites is 2. The molecule has 2 aromatic rings.